The summed E-state index contributed by atoms with van der Waals surface area (Å²) in [5, 5.41) is 3.91. The van der Waals surface area contributed by atoms with Gasteiger partial charge in [-0.3, -0.25) is 9.59 Å². The zero-order valence-electron chi connectivity index (χ0n) is 12.6. The SMILES string of the molecule is CN1CCc2c(sc(NC(=O)c3ccc(Cl)cc3)c2C(N)=O)C1. The molecule has 3 rings (SSSR count). The lowest BCUT2D eigenvalue weighted by Crippen LogP contribution is -2.27. The Labute approximate surface area is 143 Å². The molecule has 7 heteroatoms. The summed E-state index contributed by atoms with van der Waals surface area (Å²) in [7, 11) is 2.03. The van der Waals surface area contributed by atoms with E-state index in [4.69, 9.17) is 17.3 Å². The Morgan fingerprint density at radius 2 is 2.00 bits per heavy atom. The maximum absolute atomic E-state index is 12.4. The monoisotopic (exact) mass is 349 g/mol. The van der Waals surface area contributed by atoms with Gasteiger partial charge in [-0.1, -0.05) is 11.6 Å². The molecule has 2 heterocycles. The molecule has 0 saturated heterocycles. The van der Waals surface area contributed by atoms with Gasteiger partial charge in [-0.2, -0.15) is 0 Å². The van der Waals surface area contributed by atoms with Gasteiger partial charge in [-0.15, -0.1) is 11.3 Å². The highest BCUT2D eigenvalue weighted by Gasteiger charge is 2.26. The number of anilines is 1. The zero-order chi connectivity index (χ0) is 16.6. The van der Waals surface area contributed by atoms with Crippen molar-refractivity contribution in [1.82, 2.24) is 4.90 Å². The molecule has 23 heavy (non-hydrogen) atoms. The van der Waals surface area contributed by atoms with Gasteiger partial charge in [0.05, 0.1) is 5.56 Å². The molecule has 0 aliphatic carbocycles. The molecule has 1 aromatic carbocycles. The van der Waals surface area contributed by atoms with E-state index in [1.54, 1.807) is 24.3 Å². The fraction of sp³-hybridized carbons (Fsp3) is 0.250. The van der Waals surface area contributed by atoms with Crippen LogP contribution in [0.5, 0.6) is 0 Å². The van der Waals surface area contributed by atoms with Crippen molar-refractivity contribution in [3.8, 4) is 0 Å². The molecule has 0 bridgehead atoms. The molecule has 0 atom stereocenters. The maximum Gasteiger partial charge on any atom is 0.256 e. The average molecular weight is 350 g/mol. The topological polar surface area (TPSA) is 75.4 Å². The fourth-order valence-electron chi connectivity index (χ4n) is 2.66. The first-order valence-electron chi connectivity index (χ1n) is 7.15. The Hall–Kier alpha value is -1.89. The predicted molar refractivity (Wildman–Crippen MR) is 92.3 cm³/mol. The summed E-state index contributed by atoms with van der Waals surface area (Å²) in [6.07, 6.45) is 0.761. The van der Waals surface area contributed by atoms with Gasteiger partial charge in [0.2, 0.25) is 0 Å². The lowest BCUT2D eigenvalue weighted by molar-refractivity contribution is 0.1000. The number of nitrogens with one attached hydrogen (secondary N) is 1. The van der Waals surface area contributed by atoms with Crippen LogP contribution in [0.15, 0.2) is 24.3 Å². The summed E-state index contributed by atoms with van der Waals surface area (Å²) < 4.78 is 0. The van der Waals surface area contributed by atoms with E-state index in [2.05, 4.69) is 10.2 Å². The number of nitrogens with zero attached hydrogens (tertiary/aromatic N) is 1. The van der Waals surface area contributed by atoms with Crippen molar-refractivity contribution in [2.45, 2.75) is 13.0 Å². The largest absolute Gasteiger partial charge is 0.365 e. The molecule has 0 saturated carbocycles. The summed E-state index contributed by atoms with van der Waals surface area (Å²) in [6, 6.07) is 6.59. The minimum Gasteiger partial charge on any atom is -0.365 e. The smallest absolute Gasteiger partial charge is 0.256 e. The van der Waals surface area contributed by atoms with Gasteiger partial charge in [0, 0.05) is 28.6 Å². The highest BCUT2D eigenvalue weighted by molar-refractivity contribution is 7.17. The third-order valence-corrected chi connectivity index (χ3v) is 5.21. The van der Waals surface area contributed by atoms with Gasteiger partial charge in [0.1, 0.15) is 5.00 Å². The molecular formula is C16H16ClN3O2S. The van der Waals surface area contributed by atoms with Crippen LogP contribution in [0.2, 0.25) is 5.02 Å². The Morgan fingerprint density at radius 3 is 2.65 bits per heavy atom. The van der Waals surface area contributed by atoms with E-state index in [9.17, 15) is 9.59 Å². The number of hydrogen-bond acceptors (Lipinski definition) is 4. The molecule has 120 valence electrons. The van der Waals surface area contributed by atoms with Gasteiger partial charge in [-0.25, -0.2) is 0 Å². The van der Waals surface area contributed by atoms with Crippen molar-refractivity contribution in [1.29, 1.82) is 0 Å². The number of rotatable bonds is 3. The number of benzene rings is 1. The van der Waals surface area contributed by atoms with Crippen LogP contribution in [0, 0.1) is 0 Å². The molecule has 1 aliphatic rings. The molecule has 3 N–H and O–H groups in total. The second-order valence-electron chi connectivity index (χ2n) is 5.52. The van der Waals surface area contributed by atoms with Gasteiger partial charge in [0.15, 0.2) is 0 Å². The van der Waals surface area contributed by atoms with Crippen molar-refractivity contribution in [2.24, 2.45) is 5.73 Å². The molecule has 5 nitrogen and oxygen atoms in total. The number of thiophene rings is 1. The van der Waals surface area contributed by atoms with Crippen molar-refractivity contribution < 1.29 is 9.59 Å². The summed E-state index contributed by atoms with van der Waals surface area (Å²) in [4.78, 5) is 27.5. The highest BCUT2D eigenvalue weighted by atomic mass is 35.5. The summed E-state index contributed by atoms with van der Waals surface area (Å²) in [5.74, 6) is -0.783. The lowest BCUT2D eigenvalue weighted by Gasteiger charge is -2.22. The lowest BCUT2D eigenvalue weighted by atomic mass is 10.0. The Kier molecular flexibility index (Phi) is 4.39. The predicted octanol–water partition coefficient (Wildman–Crippen LogP) is 2.74. The number of primary amides is 1. The third kappa shape index (κ3) is 3.24. The van der Waals surface area contributed by atoms with Gasteiger partial charge in [0.25, 0.3) is 11.8 Å². The Morgan fingerprint density at radius 1 is 1.30 bits per heavy atom. The fourth-order valence-corrected chi connectivity index (χ4v) is 4.11. The van der Waals surface area contributed by atoms with Crippen LogP contribution >= 0.6 is 22.9 Å². The minimum atomic E-state index is -0.501. The van der Waals surface area contributed by atoms with E-state index in [0.29, 0.717) is 21.2 Å². The van der Waals surface area contributed by atoms with E-state index in [-0.39, 0.29) is 5.91 Å². The van der Waals surface area contributed by atoms with E-state index in [1.165, 1.54) is 11.3 Å². The van der Waals surface area contributed by atoms with Crippen LogP contribution in [0.1, 0.15) is 31.2 Å². The molecule has 2 amide bonds. The van der Waals surface area contributed by atoms with Crippen LogP contribution in [0.25, 0.3) is 0 Å². The second-order valence-corrected chi connectivity index (χ2v) is 7.06. The van der Waals surface area contributed by atoms with Crippen LogP contribution in [0.3, 0.4) is 0 Å². The van der Waals surface area contributed by atoms with E-state index in [0.717, 1.165) is 30.0 Å². The molecule has 0 unspecified atom stereocenters. The van der Waals surface area contributed by atoms with Gasteiger partial charge in [-0.05, 0) is 43.3 Å². The summed E-state index contributed by atoms with van der Waals surface area (Å²) in [5.41, 5.74) is 7.43. The van der Waals surface area contributed by atoms with Crippen molar-refractivity contribution in [3.63, 3.8) is 0 Å². The van der Waals surface area contributed by atoms with Crippen LogP contribution < -0.4 is 11.1 Å². The molecule has 0 radical (unpaired) electrons. The number of hydrogen-bond donors (Lipinski definition) is 2. The van der Waals surface area contributed by atoms with E-state index in [1.807, 2.05) is 7.05 Å². The van der Waals surface area contributed by atoms with Crippen LogP contribution in [0.4, 0.5) is 5.00 Å². The third-order valence-electron chi connectivity index (χ3n) is 3.83. The van der Waals surface area contributed by atoms with Crippen LogP contribution in [-0.4, -0.2) is 30.3 Å². The minimum absolute atomic E-state index is 0.281. The number of likely N-dealkylation sites (N-methyl/N-ethyl adjacent to an activating group) is 1. The van der Waals surface area contributed by atoms with E-state index >= 15 is 0 Å². The van der Waals surface area contributed by atoms with Crippen molar-refractivity contribution >= 4 is 39.8 Å². The number of halogens is 1. The molecule has 0 spiro atoms. The maximum atomic E-state index is 12.4. The number of carbonyl (C=O) groups excluding carboxylic acids is 2. The van der Waals surface area contributed by atoms with Crippen LogP contribution in [-0.2, 0) is 13.0 Å². The number of carbonyl (C=O) groups is 2. The highest BCUT2D eigenvalue weighted by Crippen LogP contribution is 2.36. The summed E-state index contributed by atoms with van der Waals surface area (Å²) in [6.45, 7) is 1.63. The zero-order valence-corrected chi connectivity index (χ0v) is 14.1. The number of fused-ring (bicyclic) bond motifs is 1. The first-order valence-corrected chi connectivity index (χ1v) is 8.35. The Balaban J connectivity index is 1.92. The molecule has 1 aliphatic heterocycles. The molecule has 2 aromatic rings. The molecule has 1 aromatic heterocycles. The first-order chi connectivity index (χ1) is 11.0. The summed E-state index contributed by atoms with van der Waals surface area (Å²) >= 11 is 7.25. The average Bonchev–Trinajstić information content (AvgIpc) is 2.84. The van der Waals surface area contributed by atoms with Gasteiger partial charge >= 0.3 is 0 Å². The normalized spacial score (nSPS) is 14.3. The second kappa shape index (κ2) is 6.31. The standard InChI is InChI=1S/C16H16ClN3O2S/c1-20-7-6-11-12(8-20)23-16(13(11)14(18)21)19-15(22)9-2-4-10(17)5-3-9/h2-5H,6-8H2,1H3,(H2,18,21)(H,19,22). The number of nitrogens with two attached hydrogens (primary N) is 1. The molecular weight excluding hydrogens is 334 g/mol. The first kappa shape index (κ1) is 16.0. The van der Waals surface area contributed by atoms with Crippen molar-refractivity contribution in [2.75, 3.05) is 18.9 Å². The quantitative estimate of drug-likeness (QED) is 0.894. The number of amides is 2. The Bertz CT molecular complexity index is 770. The van der Waals surface area contributed by atoms with E-state index < -0.39 is 5.91 Å². The molecule has 0 fully saturated rings. The van der Waals surface area contributed by atoms with Crippen molar-refractivity contribution in [3.05, 3.63) is 50.9 Å². The van der Waals surface area contributed by atoms with Gasteiger partial charge < -0.3 is 16.0 Å².